The van der Waals surface area contributed by atoms with E-state index in [1.165, 1.54) is 34.4 Å². The van der Waals surface area contributed by atoms with Crippen LogP contribution < -0.4 is 4.90 Å². The summed E-state index contributed by atoms with van der Waals surface area (Å²) in [6.45, 7) is 12.8. The monoisotopic (exact) mass is 676 g/mol. The number of amides is 1. The molecule has 47 heavy (non-hydrogen) atoms. The number of carbonyl (C=O) groups excluding carboxylic acids is 2. The highest BCUT2D eigenvalue weighted by molar-refractivity contribution is 7.12. The third-order valence-electron chi connectivity index (χ3n) is 7.07. The zero-order chi connectivity index (χ0) is 34.5. The van der Waals surface area contributed by atoms with Gasteiger partial charge in [0.1, 0.15) is 17.0 Å². The molecule has 4 aromatic rings. The standard InChI is InChI=1S/C38H42ClFN2O4S/c1-24-29(22-27-21-28(40)19-20-30(27)39)34(42(8)36(44)46-38(5,6)7)32(47-24)23-31(35(43)45-37(2,3)4)41-33(25-15-11-9-12-16-25)26-17-13-10-14-18-26/h9-21,31H,22-23H2,1-8H3/t31-/m1/s1. The van der Waals surface area contributed by atoms with Gasteiger partial charge in [-0.15, -0.1) is 11.3 Å². The van der Waals surface area contributed by atoms with Crippen LogP contribution >= 0.6 is 22.9 Å². The summed E-state index contributed by atoms with van der Waals surface area (Å²) in [7, 11) is 1.64. The number of halogens is 2. The van der Waals surface area contributed by atoms with Gasteiger partial charge in [0.25, 0.3) is 0 Å². The predicted octanol–water partition coefficient (Wildman–Crippen LogP) is 9.60. The second-order valence-electron chi connectivity index (χ2n) is 13.3. The smallest absolute Gasteiger partial charge is 0.414 e. The van der Waals surface area contributed by atoms with Crippen LogP contribution in [0.25, 0.3) is 0 Å². The van der Waals surface area contributed by atoms with Crippen LogP contribution in [0.15, 0.2) is 83.9 Å². The molecule has 1 atom stereocenters. The molecule has 0 radical (unpaired) electrons. The summed E-state index contributed by atoms with van der Waals surface area (Å²) in [6.07, 6.45) is -0.154. The Morgan fingerprint density at radius 2 is 1.45 bits per heavy atom. The van der Waals surface area contributed by atoms with E-state index in [1.54, 1.807) is 27.8 Å². The lowest BCUT2D eigenvalue weighted by Crippen LogP contribution is -2.36. The van der Waals surface area contributed by atoms with Gasteiger partial charge in [0, 0.05) is 45.8 Å². The largest absolute Gasteiger partial charge is 0.458 e. The van der Waals surface area contributed by atoms with Gasteiger partial charge < -0.3 is 9.47 Å². The summed E-state index contributed by atoms with van der Waals surface area (Å²) < 4.78 is 26.0. The zero-order valence-corrected chi connectivity index (χ0v) is 29.8. The van der Waals surface area contributed by atoms with Gasteiger partial charge in [-0.25, -0.2) is 14.0 Å². The molecule has 248 valence electrons. The number of hydrogen-bond acceptors (Lipinski definition) is 6. The highest BCUT2D eigenvalue weighted by Crippen LogP contribution is 2.40. The van der Waals surface area contributed by atoms with E-state index in [4.69, 9.17) is 26.1 Å². The van der Waals surface area contributed by atoms with Gasteiger partial charge in [0.2, 0.25) is 0 Å². The molecule has 1 aromatic heterocycles. The first-order valence-corrected chi connectivity index (χ1v) is 16.6. The van der Waals surface area contributed by atoms with Gasteiger partial charge in [-0.05, 0) is 77.8 Å². The zero-order valence-electron chi connectivity index (χ0n) is 28.2. The Balaban J connectivity index is 1.90. The van der Waals surface area contributed by atoms with Crippen LogP contribution in [0.5, 0.6) is 0 Å². The fourth-order valence-electron chi connectivity index (χ4n) is 5.05. The molecule has 6 nitrogen and oxygen atoms in total. The van der Waals surface area contributed by atoms with Crippen molar-refractivity contribution in [3.63, 3.8) is 0 Å². The molecule has 0 saturated carbocycles. The molecule has 0 saturated heterocycles. The predicted molar refractivity (Wildman–Crippen MR) is 190 cm³/mol. The molecule has 0 aliphatic rings. The average Bonchev–Trinajstić information content (AvgIpc) is 3.29. The minimum atomic E-state index is -0.959. The molecule has 0 aliphatic heterocycles. The maximum Gasteiger partial charge on any atom is 0.414 e. The van der Waals surface area contributed by atoms with Crippen molar-refractivity contribution in [3.05, 3.63) is 122 Å². The Bertz CT molecular complexity index is 1700. The first-order chi connectivity index (χ1) is 22.0. The number of carbonyl (C=O) groups is 2. The average molecular weight is 677 g/mol. The third-order valence-corrected chi connectivity index (χ3v) is 8.59. The van der Waals surface area contributed by atoms with Crippen molar-refractivity contribution in [1.82, 2.24) is 0 Å². The number of aryl methyl sites for hydroxylation is 1. The molecule has 0 N–H and O–H groups in total. The van der Waals surface area contributed by atoms with Crippen LogP contribution in [0, 0.1) is 12.7 Å². The van der Waals surface area contributed by atoms with Gasteiger partial charge in [-0.3, -0.25) is 9.89 Å². The van der Waals surface area contributed by atoms with Gasteiger partial charge in [0.15, 0.2) is 6.04 Å². The molecule has 9 heteroatoms. The summed E-state index contributed by atoms with van der Waals surface area (Å²) in [4.78, 5) is 35.6. The van der Waals surface area contributed by atoms with Crippen molar-refractivity contribution in [3.8, 4) is 0 Å². The number of ether oxygens (including phenoxy) is 2. The maximum atomic E-state index is 14.3. The van der Waals surface area contributed by atoms with E-state index in [9.17, 15) is 14.0 Å². The lowest BCUT2D eigenvalue weighted by Gasteiger charge is -2.27. The number of anilines is 1. The maximum absolute atomic E-state index is 14.3. The summed E-state index contributed by atoms with van der Waals surface area (Å²) >= 11 is 7.95. The van der Waals surface area contributed by atoms with E-state index in [0.29, 0.717) is 22.0 Å². The Hall–Kier alpha value is -4.01. The Morgan fingerprint density at radius 3 is 1.98 bits per heavy atom. The first kappa shape index (κ1) is 35.8. The van der Waals surface area contributed by atoms with E-state index in [-0.39, 0.29) is 12.8 Å². The van der Waals surface area contributed by atoms with E-state index >= 15 is 0 Å². The molecule has 0 unspecified atom stereocenters. The lowest BCUT2D eigenvalue weighted by molar-refractivity contribution is -0.156. The van der Waals surface area contributed by atoms with Crippen LogP contribution in [-0.2, 0) is 27.1 Å². The Morgan fingerprint density at radius 1 is 0.894 bits per heavy atom. The lowest BCUT2D eigenvalue weighted by atomic mass is 10.00. The summed E-state index contributed by atoms with van der Waals surface area (Å²) in [5, 5.41) is 0.413. The number of esters is 1. The molecular formula is C38H42ClFN2O4S. The van der Waals surface area contributed by atoms with Crippen LogP contribution in [0.2, 0.25) is 5.02 Å². The topological polar surface area (TPSA) is 68.2 Å². The number of rotatable bonds is 9. The number of nitrogens with zero attached hydrogens (tertiary/aromatic N) is 2. The molecule has 1 heterocycles. The van der Waals surface area contributed by atoms with Crippen molar-refractivity contribution in [2.24, 2.45) is 4.99 Å². The minimum absolute atomic E-state index is 0.142. The second kappa shape index (κ2) is 14.8. The molecule has 0 aliphatic carbocycles. The SMILES string of the molecule is Cc1sc(C[C@@H](N=C(c2ccccc2)c2ccccc2)C(=O)OC(C)(C)C)c(N(C)C(=O)OC(C)(C)C)c1Cc1cc(F)ccc1Cl. The fraction of sp³-hybridized carbons (Fsp3) is 0.342. The summed E-state index contributed by atoms with van der Waals surface area (Å²) in [5.74, 6) is -0.901. The summed E-state index contributed by atoms with van der Waals surface area (Å²) in [6, 6.07) is 22.7. The van der Waals surface area contributed by atoms with Crippen LogP contribution in [0.3, 0.4) is 0 Å². The van der Waals surface area contributed by atoms with Crippen LogP contribution in [0.4, 0.5) is 14.9 Å². The van der Waals surface area contributed by atoms with E-state index in [2.05, 4.69) is 0 Å². The Kier molecular flexibility index (Phi) is 11.3. The van der Waals surface area contributed by atoms with Gasteiger partial charge in [-0.2, -0.15) is 0 Å². The van der Waals surface area contributed by atoms with Crippen molar-refractivity contribution in [2.75, 3.05) is 11.9 Å². The van der Waals surface area contributed by atoms with Crippen molar-refractivity contribution >= 4 is 46.4 Å². The molecule has 3 aromatic carbocycles. The first-order valence-electron chi connectivity index (χ1n) is 15.5. The molecule has 0 bridgehead atoms. The van der Waals surface area contributed by atoms with E-state index < -0.39 is 35.1 Å². The van der Waals surface area contributed by atoms with Crippen LogP contribution in [0.1, 0.15) is 73.6 Å². The quantitative estimate of drug-likeness (QED) is 0.131. The van der Waals surface area contributed by atoms with Gasteiger partial charge in [-0.1, -0.05) is 72.3 Å². The molecule has 0 spiro atoms. The number of benzene rings is 3. The van der Waals surface area contributed by atoms with E-state index in [0.717, 1.165) is 26.4 Å². The van der Waals surface area contributed by atoms with Gasteiger partial charge >= 0.3 is 12.1 Å². The highest BCUT2D eigenvalue weighted by atomic mass is 35.5. The normalized spacial score (nSPS) is 12.3. The van der Waals surface area contributed by atoms with Crippen molar-refractivity contribution in [1.29, 1.82) is 0 Å². The molecule has 4 rings (SSSR count). The van der Waals surface area contributed by atoms with Gasteiger partial charge in [0.05, 0.1) is 11.4 Å². The number of hydrogen-bond donors (Lipinski definition) is 0. The highest BCUT2D eigenvalue weighted by Gasteiger charge is 2.32. The third kappa shape index (κ3) is 9.75. The molecule has 0 fully saturated rings. The minimum Gasteiger partial charge on any atom is -0.458 e. The van der Waals surface area contributed by atoms with E-state index in [1.807, 2.05) is 88.4 Å². The number of thiophene rings is 1. The Labute approximate surface area is 286 Å². The fourth-order valence-corrected chi connectivity index (χ4v) is 6.49. The summed E-state index contributed by atoms with van der Waals surface area (Å²) in [5.41, 5.74) is 2.77. The van der Waals surface area contributed by atoms with Crippen LogP contribution in [-0.4, -0.2) is 42.1 Å². The number of aliphatic imine (C=N–C) groups is 1. The van der Waals surface area contributed by atoms with Crippen molar-refractivity contribution in [2.45, 2.75) is 78.6 Å². The van der Waals surface area contributed by atoms with Crippen molar-refractivity contribution < 1.29 is 23.5 Å². The molecular weight excluding hydrogens is 635 g/mol. The molecule has 1 amide bonds. The second-order valence-corrected chi connectivity index (χ2v) is 15.0.